The molecule has 2 rings (SSSR count). The molecule has 0 aliphatic heterocycles. The summed E-state index contributed by atoms with van der Waals surface area (Å²) in [6.07, 6.45) is 0.407. The van der Waals surface area contributed by atoms with E-state index in [0.717, 1.165) is 17.0 Å². The van der Waals surface area contributed by atoms with Gasteiger partial charge in [-0.3, -0.25) is 4.79 Å². The van der Waals surface area contributed by atoms with Crippen molar-refractivity contribution in [2.45, 2.75) is 26.7 Å². The van der Waals surface area contributed by atoms with Gasteiger partial charge in [-0.05, 0) is 19.4 Å². The van der Waals surface area contributed by atoms with Gasteiger partial charge in [0.05, 0.1) is 6.42 Å². The topological polar surface area (TPSA) is 68.0 Å². The number of aromatic nitrogens is 3. The lowest BCUT2D eigenvalue weighted by Crippen LogP contribution is -1.99. The molecule has 0 unspecified atom stereocenters. The van der Waals surface area contributed by atoms with Crippen molar-refractivity contribution < 1.29 is 9.90 Å². The first-order chi connectivity index (χ1) is 8.97. The normalized spacial score (nSPS) is 10.7. The SMILES string of the molecule is Cc1ccc(-c2nc(CCC(=O)O)nn2C)c(C)c1. The molecule has 1 heterocycles. The number of carboxylic acids is 1. The van der Waals surface area contributed by atoms with Crippen molar-refractivity contribution in [3.8, 4) is 11.4 Å². The van der Waals surface area contributed by atoms with Crippen molar-refractivity contribution >= 4 is 5.97 Å². The third kappa shape index (κ3) is 2.99. The fourth-order valence-corrected chi connectivity index (χ4v) is 2.06. The minimum Gasteiger partial charge on any atom is -0.481 e. The molecule has 2 aromatic rings. The van der Waals surface area contributed by atoms with E-state index in [1.807, 2.05) is 33.0 Å². The second-order valence-electron chi connectivity index (χ2n) is 4.69. The Morgan fingerprint density at radius 3 is 2.74 bits per heavy atom. The van der Waals surface area contributed by atoms with Crippen LogP contribution in [-0.4, -0.2) is 25.8 Å². The number of hydrogen-bond acceptors (Lipinski definition) is 3. The molecule has 5 heteroatoms. The fourth-order valence-electron chi connectivity index (χ4n) is 2.06. The Hall–Kier alpha value is -2.17. The Morgan fingerprint density at radius 2 is 2.11 bits per heavy atom. The first kappa shape index (κ1) is 13.3. The van der Waals surface area contributed by atoms with Gasteiger partial charge in [0.25, 0.3) is 0 Å². The minimum absolute atomic E-state index is 0.0519. The lowest BCUT2D eigenvalue weighted by Gasteiger charge is -2.05. The standard InChI is InChI=1S/C14H17N3O2/c1-9-4-5-11(10(2)8-9)14-15-12(16-17(14)3)6-7-13(18)19/h4-5,8H,6-7H2,1-3H3,(H,18,19). The number of aryl methyl sites for hydroxylation is 4. The Balaban J connectivity index is 2.32. The van der Waals surface area contributed by atoms with E-state index in [1.54, 1.807) is 4.68 Å². The molecule has 5 nitrogen and oxygen atoms in total. The highest BCUT2D eigenvalue weighted by atomic mass is 16.4. The van der Waals surface area contributed by atoms with E-state index in [9.17, 15) is 4.79 Å². The highest BCUT2D eigenvalue weighted by Gasteiger charge is 2.12. The molecular weight excluding hydrogens is 242 g/mol. The Kier molecular flexibility index (Phi) is 3.64. The third-order valence-corrected chi connectivity index (χ3v) is 2.99. The molecule has 0 bridgehead atoms. The summed E-state index contributed by atoms with van der Waals surface area (Å²) >= 11 is 0. The van der Waals surface area contributed by atoms with E-state index >= 15 is 0 Å². The molecule has 0 radical (unpaired) electrons. The van der Waals surface area contributed by atoms with Gasteiger partial charge in [0, 0.05) is 19.0 Å². The second-order valence-corrected chi connectivity index (χ2v) is 4.69. The summed E-state index contributed by atoms with van der Waals surface area (Å²) in [6, 6.07) is 6.16. The van der Waals surface area contributed by atoms with E-state index in [1.165, 1.54) is 5.56 Å². The number of nitrogens with zero attached hydrogens (tertiary/aromatic N) is 3. The molecule has 19 heavy (non-hydrogen) atoms. The van der Waals surface area contributed by atoms with Crippen LogP contribution in [-0.2, 0) is 18.3 Å². The number of carboxylic acid groups (broad SMARTS) is 1. The first-order valence-corrected chi connectivity index (χ1v) is 6.16. The van der Waals surface area contributed by atoms with Gasteiger partial charge in [0.2, 0.25) is 0 Å². The molecular formula is C14H17N3O2. The van der Waals surface area contributed by atoms with Crippen LogP contribution in [0.3, 0.4) is 0 Å². The molecule has 0 saturated carbocycles. The van der Waals surface area contributed by atoms with Gasteiger partial charge >= 0.3 is 5.97 Å². The zero-order valence-electron chi connectivity index (χ0n) is 11.3. The van der Waals surface area contributed by atoms with Crippen LogP contribution in [0.15, 0.2) is 18.2 Å². The van der Waals surface area contributed by atoms with Gasteiger partial charge in [0.1, 0.15) is 0 Å². The average molecular weight is 259 g/mol. The van der Waals surface area contributed by atoms with E-state index in [0.29, 0.717) is 12.2 Å². The molecule has 0 aliphatic rings. The summed E-state index contributed by atoms with van der Waals surface area (Å²) < 4.78 is 1.70. The van der Waals surface area contributed by atoms with Crippen LogP contribution in [0.2, 0.25) is 0 Å². The first-order valence-electron chi connectivity index (χ1n) is 6.16. The molecule has 0 spiro atoms. The number of hydrogen-bond donors (Lipinski definition) is 1. The van der Waals surface area contributed by atoms with Gasteiger partial charge in [-0.15, -0.1) is 0 Å². The van der Waals surface area contributed by atoms with Gasteiger partial charge < -0.3 is 5.11 Å². The summed E-state index contributed by atoms with van der Waals surface area (Å²) in [5.41, 5.74) is 3.37. The van der Waals surface area contributed by atoms with Crippen LogP contribution >= 0.6 is 0 Å². The lowest BCUT2D eigenvalue weighted by molar-refractivity contribution is -0.137. The van der Waals surface area contributed by atoms with Crippen molar-refractivity contribution in [2.75, 3.05) is 0 Å². The average Bonchev–Trinajstić information content (AvgIpc) is 2.68. The Bertz CT molecular complexity index is 617. The zero-order chi connectivity index (χ0) is 14.0. The number of rotatable bonds is 4. The Labute approximate surface area is 111 Å². The van der Waals surface area contributed by atoms with Crippen LogP contribution < -0.4 is 0 Å². The van der Waals surface area contributed by atoms with Crippen LogP contribution in [0.4, 0.5) is 0 Å². The maximum atomic E-state index is 10.6. The number of benzene rings is 1. The maximum Gasteiger partial charge on any atom is 0.303 e. The summed E-state index contributed by atoms with van der Waals surface area (Å²) in [5.74, 6) is 0.512. The molecule has 0 aliphatic carbocycles. The third-order valence-electron chi connectivity index (χ3n) is 2.99. The van der Waals surface area contributed by atoms with Gasteiger partial charge in [-0.25, -0.2) is 9.67 Å². The summed E-state index contributed by atoms with van der Waals surface area (Å²) in [4.78, 5) is 15.0. The Morgan fingerprint density at radius 1 is 1.37 bits per heavy atom. The number of aliphatic carboxylic acids is 1. The smallest absolute Gasteiger partial charge is 0.303 e. The van der Waals surface area contributed by atoms with Crippen LogP contribution in [0.25, 0.3) is 11.4 Å². The van der Waals surface area contributed by atoms with Crippen molar-refractivity contribution in [2.24, 2.45) is 7.05 Å². The van der Waals surface area contributed by atoms with Crippen LogP contribution in [0.5, 0.6) is 0 Å². The molecule has 1 aromatic carbocycles. The molecule has 1 aromatic heterocycles. The largest absolute Gasteiger partial charge is 0.481 e. The van der Waals surface area contributed by atoms with Crippen LogP contribution in [0, 0.1) is 13.8 Å². The molecule has 1 N–H and O–H groups in total. The van der Waals surface area contributed by atoms with E-state index in [-0.39, 0.29) is 6.42 Å². The molecule has 100 valence electrons. The summed E-state index contributed by atoms with van der Waals surface area (Å²) in [7, 11) is 1.83. The van der Waals surface area contributed by atoms with E-state index in [2.05, 4.69) is 16.1 Å². The summed E-state index contributed by atoms with van der Waals surface area (Å²) in [5, 5.41) is 12.9. The highest BCUT2D eigenvalue weighted by molar-refractivity contribution is 5.67. The van der Waals surface area contributed by atoms with Crippen molar-refractivity contribution in [3.05, 3.63) is 35.2 Å². The minimum atomic E-state index is -0.833. The van der Waals surface area contributed by atoms with E-state index in [4.69, 9.17) is 5.11 Å². The van der Waals surface area contributed by atoms with Crippen molar-refractivity contribution in [3.63, 3.8) is 0 Å². The number of carbonyl (C=O) groups is 1. The van der Waals surface area contributed by atoms with E-state index < -0.39 is 5.97 Å². The fraction of sp³-hybridized carbons (Fsp3) is 0.357. The second kappa shape index (κ2) is 5.22. The molecule has 0 fully saturated rings. The van der Waals surface area contributed by atoms with Gasteiger partial charge in [-0.1, -0.05) is 23.8 Å². The molecule has 0 amide bonds. The van der Waals surface area contributed by atoms with Crippen molar-refractivity contribution in [1.29, 1.82) is 0 Å². The zero-order valence-corrected chi connectivity index (χ0v) is 11.3. The van der Waals surface area contributed by atoms with Crippen molar-refractivity contribution in [1.82, 2.24) is 14.8 Å². The highest BCUT2D eigenvalue weighted by Crippen LogP contribution is 2.22. The lowest BCUT2D eigenvalue weighted by atomic mass is 10.1. The molecule has 0 atom stereocenters. The summed E-state index contributed by atoms with van der Waals surface area (Å²) in [6.45, 7) is 4.08. The van der Waals surface area contributed by atoms with Gasteiger partial charge in [0.15, 0.2) is 11.6 Å². The predicted molar refractivity (Wildman–Crippen MR) is 71.9 cm³/mol. The monoisotopic (exact) mass is 259 g/mol. The predicted octanol–water partition coefficient (Wildman–Crippen LogP) is 2.12. The van der Waals surface area contributed by atoms with Gasteiger partial charge in [-0.2, -0.15) is 5.10 Å². The quantitative estimate of drug-likeness (QED) is 0.913. The maximum absolute atomic E-state index is 10.6. The van der Waals surface area contributed by atoms with Crippen LogP contribution in [0.1, 0.15) is 23.4 Å². The molecule has 0 saturated heterocycles.